The first-order valence-electron chi connectivity index (χ1n) is 10.3. The van der Waals surface area contributed by atoms with Crippen molar-refractivity contribution >= 4 is 35.8 Å². The molecule has 1 aromatic carbocycles. The second-order valence-electron chi connectivity index (χ2n) is 7.87. The van der Waals surface area contributed by atoms with Crippen LogP contribution in [0.15, 0.2) is 47.6 Å². The first-order chi connectivity index (χ1) is 13.5. The maximum atomic E-state index is 4.56. The number of pyridine rings is 1. The number of aliphatic imine (C=N–C) groups is 1. The maximum absolute atomic E-state index is 4.56. The maximum Gasteiger partial charge on any atom is 0.191 e. The Balaban J connectivity index is 0.00000300. The Labute approximate surface area is 192 Å². The van der Waals surface area contributed by atoms with Crippen LogP contribution in [0.25, 0.3) is 0 Å². The third-order valence-corrected chi connectivity index (χ3v) is 5.47. The van der Waals surface area contributed by atoms with Crippen LogP contribution in [0.4, 0.5) is 5.82 Å². The fourth-order valence-corrected chi connectivity index (χ4v) is 3.63. The SMILES string of the molecule is CN=C(NCC(C)c1cccc(C)c1)NC1CCN(c2ccc(C)cn2)CC1.I. The molecule has 3 rings (SSSR count). The van der Waals surface area contributed by atoms with Crippen molar-refractivity contribution < 1.29 is 0 Å². The number of hydrogen-bond donors (Lipinski definition) is 2. The molecule has 158 valence electrons. The molecule has 1 aromatic heterocycles. The van der Waals surface area contributed by atoms with E-state index in [4.69, 9.17) is 0 Å². The van der Waals surface area contributed by atoms with Crippen LogP contribution in [0, 0.1) is 13.8 Å². The van der Waals surface area contributed by atoms with Crippen LogP contribution < -0.4 is 15.5 Å². The van der Waals surface area contributed by atoms with Gasteiger partial charge in [-0.1, -0.05) is 42.8 Å². The zero-order chi connectivity index (χ0) is 19.9. The summed E-state index contributed by atoms with van der Waals surface area (Å²) in [6.45, 7) is 9.38. The van der Waals surface area contributed by atoms with Crippen molar-refractivity contribution in [3.63, 3.8) is 0 Å². The zero-order valence-corrected chi connectivity index (χ0v) is 20.3. The van der Waals surface area contributed by atoms with Crippen LogP contribution in [0.3, 0.4) is 0 Å². The van der Waals surface area contributed by atoms with Gasteiger partial charge < -0.3 is 15.5 Å². The van der Waals surface area contributed by atoms with Crippen molar-refractivity contribution in [3.05, 3.63) is 59.3 Å². The Bertz CT molecular complexity index is 782. The predicted molar refractivity (Wildman–Crippen MR) is 134 cm³/mol. The monoisotopic (exact) mass is 507 g/mol. The summed E-state index contributed by atoms with van der Waals surface area (Å²) in [4.78, 5) is 11.3. The van der Waals surface area contributed by atoms with E-state index in [9.17, 15) is 0 Å². The minimum absolute atomic E-state index is 0. The van der Waals surface area contributed by atoms with Gasteiger partial charge in [-0.25, -0.2) is 4.98 Å². The van der Waals surface area contributed by atoms with Crippen LogP contribution in [-0.4, -0.2) is 43.7 Å². The third-order valence-electron chi connectivity index (χ3n) is 5.47. The van der Waals surface area contributed by atoms with Crippen LogP contribution in [0.2, 0.25) is 0 Å². The molecule has 2 N–H and O–H groups in total. The number of rotatable bonds is 5. The Morgan fingerprint density at radius 2 is 1.93 bits per heavy atom. The molecule has 0 saturated carbocycles. The lowest BCUT2D eigenvalue weighted by molar-refractivity contribution is 0.459. The summed E-state index contributed by atoms with van der Waals surface area (Å²) in [5, 5.41) is 7.09. The molecule has 0 radical (unpaired) electrons. The molecule has 1 aliphatic heterocycles. The van der Waals surface area contributed by atoms with E-state index in [-0.39, 0.29) is 24.0 Å². The van der Waals surface area contributed by atoms with Crippen LogP contribution in [-0.2, 0) is 0 Å². The molecule has 5 nitrogen and oxygen atoms in total. The van der Waals surface area contributed by atoms with Crippen LogP contribution in [0.1, 0.15) is 42.4 Å². The van der Waals surface area contributed by atoms with Crippen molar-refractivity contribution in [2.75, 3.05) is 31.6 Å². The van der Waals surface area contributed by atoms with Gasteiger partial charge in [0.2, 0.25) is 0 Å². The number of benzene rings is 1. The highest BCUT2D eigenvalue weighted by Crippen LogP contribution is 2.18. The fraction of sp³-hybridized carbons (Fsp3) is 0.478. The summed E-state index contributed by atoms with van der Waals surface area (Å²) in [6, 6.07) is 13.4. The molecule has 2 heterocycles. The second kappa shape index (κ2) is 11.4. The number of anilines is 1. The number of halogens is 1. The van der Waals surface area contributed by atoms with Gasteiger partial charge in [0, 0.05) is 38.9 Å². The van der Waals surface area contributed by atoms with E-state index in [2.05, 4.69) is 82.7 Å². The van der Waals surface area contributed by atoms with E-state index in [0.717, 1.165) is 44.3 Å². The molecule has 1 atom stereocenters. The Hall–Kier alpha value is -1.83. The number of nitrogens with one attached hydrogen (secondary N) is 2. The van der Waals surface area contributed by atoms with Crippen molar-refractivity contribution in [1.29, 1.82) is 0 Å². The first-order valence-corrected chi connectivity index (χ1v) is 10.3. The lowest BCUT2D eigenvalue weighted by atomic mass is 9.99. The Morgan fingerprint density at radius 1 is 1.17 bits per heavy atom. The highest BCUT2D eigenvalue weighted by atomic mass is 127. The topological polar surface area (TPSA) is 52.6 Å². The summed E-state index contributed by atoms with van der Waals surface area (Å²) < 4.78 is 0. The molecule has 1 aliphatic rings. The lowest BCUT2D eigenvalue weighted by Gasteiger charge is -2.34. The van der Waals surface area contributed by atoms with Gasteiger partial charge in [0.1, 0.15) is 5.82 Å². The number of hydrogen-bond acceptors (Lipinski definition) is 3. The largest absolute Gasteiger partial charge is 0.356 e. The second-order valence-corrected chi connectivity index (χ2v) is 7.87. The number of piperidine rings is 1. The number of aryl methyl sites for hydroxylation is 2. The molecule has 0 amide bonds. The van der Waals surface area contributed by atoms with Gasteiger partial charge in [0.05, 0.1) is 0 Å². The van der Waals surface area contributed by atoms with E-state index in [0.29, 0.717) is 12.0 Å². The van der Waals surface area contributed by atoms with Gasteiger partial charge >= 0.3 is 0 Å². The summed E-state index contributed by atoms with van der Waals surface area (Å²) in [6.07, 6.45) is 4.12. The van der Waals surface area contributed by atoms with E-state index < -0.39 is 0 Å². The normalized spacial score (nSPS) is 16.1. The van der Waals surface area contributed by atoms with Gasteiger partial charge in [-0.05, 0) is 49.8 Å². The Morgan fingerprint density at radius 3 is 2.55 bits per heavy atom. The van der Waals surface area contributed by atoms with Crippen LogP contribution in [0.5, 0.6) is 0 Å². The molecule has 1 saturated heterocycles. The van der Waals surface area contributed by atoms with Crippen LogP contribution >= 0.6 is 24.0 Å². The molecule has 29 heavy (non-hydrogen) atoms. The molecular weight excluding hydrogens is 473 g/mol. The van der Waals surface area contributed by atoms with Gasteiger partial charge in [0.25, 0.3) is 0 Å². The van der Waals surface area contributed by atoms with Gasteiger partial charge in [-0.3, -0.25) is 4.99 Å². The number of guanidine groups is 1. The van der Waals surface area contributed by atoms with Gasteiger partial charge in [-0.15, -0.1) is 24.0 Å². The van der Waals surface area contributed by atoms with Crippen molar-refractivity contribution in [2.45, 2.75) is 45.6 Å². The summed E-state index contributed by atoms with van der Waals surface area (Å²) in [7, 11) is 1.85. The lowest BCUT2D eigenvalue weighted by Crippen LogP contribution is -2.49. The Kier molecular flexibility index (Phi) is 9.20. The molecular formula is C23H34IN5. The average Bonchev–Trinajstić information content (AvgIpc) is 2.72. The summed E-state index contributed by atoms with van der Waals surface area (Å²) in [5.41, 5.74) is 3.87. The average molecular weight is 507 g/mol. The molecule has 1 unspecified atom stereocenters. The van der Waals surface area contributed by atoms with Gasteiger partial charge in [0.15, 0.2) is 5.96 Å². The van der Waals surface area contributed by atoms with Gasteiger partial charge in [-0.2, -0.15) is 0 Å². The minimum Gasteiger partial charge on any atom is -0.356 e. The smallest absolute Gasteiger partial charge is 0.191 e. The number of aromatic nitrogens is 1. The molecule has 0 bridgehead atoms. The third kappa shape index (κ3) is 6.87. The van der Waals surface area contributed by atoms with Crippen molar-refractivity contribution in [3.8, 4) is 0 Å². The van der Waals surface area contributed by atoms with Crippen molar-refractivity contribution in [2.24, 2.45) is 4.99 Å². The van der Waals surface area contributed by atoms with E-state index in [1.807, 2.05) is 13.2 Å². The zero-order valence-electron chi connectivity index (χ0n) is 18.0. The standard InChI is InChI=1S/C23H33N5.HI/c1-17-6-5-7-20(14-17)19(3)16-26-23(24-4)27-21-10-12-28(13-11-21)22-9-8-18(2)15-25-22;/h5-9,14-15,19,21H,10-13,16H2,1-4H3,(H2,24,26,27);1H. The number of nitrogens with zero attached hydrogens (tertiary/aromatic N) is 3. The minimum atomic E-state index is 0. The molecule has 1 fully saturated rings. The predicted octanol–water partition coefficient (Wildman–Crippen LogP) is 4.25. The highest BCUT2D eigenvalue weighted by molar-refractivity contribution is 14.0. The quantitative estimate of drug-likeness (QED) is 0.361. The van der Waals surface area contributed by atoms with E-state index in [1.54, 1.807) is 0 Å². The van der Waals surface area contributed by atoms with E-state index in [1.165, 1.54) is 16.7 Å². The molecule has 2 aromatic rings. The molecule has 0 aliphatic carbocycles. The molecule has 6 heteroatoms. The summed E-state index contributed by atoms with van der Waals surface area (Å²) >= 11 is 0. The first kappa shape index (κ1) is 23.4. The van der Waals surface area contributed by atoms with Crippen molar-refractivity contribution in [1.82, 2.24) is 15.6 Å². The van der Waals surface area contributed by atoms with E-state index >= 15 is 0 Å². The highest BCUT2D eigenvalue weighted by Gasteiger charge is 2.21. The molecule has 0 spiro atoms. The summed E-state index contributed by atoms with van der Waals surface area (Å²) in [5.74, 6) is 2.41. The fourth-order valence-electron chi connectivity index (χ4n) is 3.63.